The number of halogens is 3. The second kappa shape index (κ2) is 17.6. The summed E-state index contributed by atoms with van der Waals surface area (Å²) < 4.78 is 48.6. The number of unbranched alkanes of at least 4 members (excludes halogenated alkanes) is 1. The highest BCUT2D eigenvalue weighted by Gasteiger charge is 2.39. The molecule has 1 saturated carbocycles. The lowest BCUT2D eigenvalue weighted by atomic mass is 9.89. The van der Waals surface area contributed by atoms with Crippen LogP contribution in [0.2, 0.25) is 0 Å². The first-order valence-corrected chi connectivity index (χ1v) is 14.0. The fourth-order valence-electron chi connectivity index (χ4n) is 4.57. The fourth-order valence-corrected chi connectivity index (χ4v) is 4.57. The Morgan fingerprint density at radius 2 is 1.88 bits per heavy atom. The van der Waals surface area contributed by atoms with Gasteiger partial charge in [0.15, 0.2) is 5.96 Å². The van der Waals surface area contributed by atoms with Crippen molar-refractivity contribution in [3.63, 3.8) is 0 Å². The van der Waals surface area contributed by atoms with Crippen LogP contribution in [0.15, 0.2) is 53.6 Å². The maximum atomic E-state index is 12.9. The summed E-state index contributed by atoms with van der Waals surface area (Å²) in [5.41, 5.74) is 15.3. The molecule has 6 atom stereocenters. The minimum atomic E-state index is -4.51. The highest BCUT2D eigenvalue weighted by Crippen LogP contribution is 2.36. The number of alkyl halides is 3. The van der Waals surface area contributed by atoms with Crippen molar-refractivity contribution in [2.24, 2.45) is 34.0 Å². The molecule has 14 heteroatoms. The number of aliphatic hydroxyl groups is 3. The molecule has 0 amide bonds. The quantitative estimate of drug-likeness (QED) is 0.0399. The maximum absolute atomic E-state index is 12.9. The Hall–Kier alpha value is -3.46. The number of esters is 2. The highest BCUT2D eigenvalue weighted by molar-refractivity contribution is 5.88. The lowest BCUT2D eigenvalue weighted by molar-refractivity contribution is -0.160. The predicted molar refractivity (Wildman–Crippen MR) is 152 cm³/mol. The van der Waals surface area contributed by atoms with Crippen LogP contribution in [-0.2, 0) is 20.5 Å². The molecule has 43 heavy (non-hydrogen) atoms. The molecule has 1 aromatic rings. The van der Waals surface area contributed by atoms with Crippen molar-refractivity contribution in [3.05, 3.63) is 54.1 Å². The van der Waals surface area contributed by atoms with Crippen LogP contribution in [0.3, 0.4) is 0 Å². The molecule has 1 aromatic carbocycles. The Morgan fingerprint density at radius 1 is 1.14 bits per heavy atom. The SMILES string of the molecule is NC(N)=NCCC[C@H](N)C(=O)OC(=O)CCCC=CC[C@@H]1[C@@H](C=C[C@@H](O)COc2cccc(C(F)(F)F)c2)[C@H](O)C[C@@H]1O. The third-order valence-electron chi connectivity index (χ3n) is 6.86. The molecule has 9 N–H and O–H groups in total. The summed E-state index contributed by atoms with van der Waals surface area (Å²) in [6, 6.07) is 3.36. The number of aliphatic imine (C=N–C) groups is 1. The third kappa shape index (κ3) is 13.2. The molecular weight excluding hydrogens is 573 g/mol. The van der Waals surface area contributed by atoms with E-state index in [0.717, 1.165) is 12.1 Å². The van der Waals surface area contributed by atoms with Crippen LogP contribution < -0.4 is 21.9 Å². The lowest BCUT2D eigenvalue weighted by Gasteiger charge is -2.19. The molecule has 1 fully saturated rings. The summed E-state index contributed by atoms with van der Waals surface area (Å²) in [7, 11) is 0. The average molecular weight is 615 g/mol. The van der Waals surface area contributed by atoms with E-state index in [9.17, 15) is 38.1 Å². The summed E-state index contributed by atoms with van der Waals surface area (Å²) in [5.74, 6) is -2.41. The van der Waals surface area contributed by atoms with Crippen LogP contribution in [0, 0.1) is 11.8 Å². The van der Waals surface area contributed by atoms with Gasteiger partial charge in [0, 0.05) is 25.3 Å². The van der Waals surface area contributed by atoms with Crippen molar-refractivity contribution in [2.45, 2.75) is 75.5 Å². The van der Waals surface area contributed by atoms with Crippen molar-refractivity contribution in [1.82, 2.24) is 0 Å². The molecule has 0 unspecified atom stereocenters. The molecule has 0 spiro atoms. The van der Waals surface area contributed by atoms with Crippen molar-refractivity contribution in [1.29, 1.82) is 0 Å². The van der Waals surface area contributed by atoms with Crippen molar-refractivity contribution in [2.75, 3.05) is 13.2 Å². The van der Waals surface area contributed by atoms with Crippen molar-refractivity contribution in [3.8, 4) is 5.75 Å². The molecule has 0 aliphatic heterocycles. The number of ether oxygens (including phenoxy) is 2. The Kier molecular flexibility index (Phi) is 14.6. The summed E-state index contributed by atoms with van der Waals surface area (Å²) in [6.45, 7) is 0.00785. The maximum Gasteiger partial charge on any atom is 0.416 e. The number of benzene rings is 1. The van der Waals surface area contributed by atoms with E-state index < -0.39 is 54.0 Å². The van der Waals surface area contributed by atoms with E-state index in [2.05, 4.69) is 4.99 Å². The molecule has 11 nitrogen and oxygen atoms in total. The molecule has 0 saturated heterocycles. The number of carbonyl (C=O) groups is 2. The van der Waals surface area contributed by atoms with Gasteiger partial charge in [0.1, 0.15) is 24.5 Å². The van der Waals surface area contributed by atoms with Crippen LogP contribution in [-0.4, -0.2) is 70.7 Å². The number of hydrogen-bond donors (Lipinski definition) is 6. The van der Waals surface area contributed by atoms with Gasteiger partial charge in [-0.15, -0.1) is 0 Å². The number of nitrogens with two attached hydrogens (primary N) is 3. The molecule has 0 bridgehead atoms. The first-order chi connectivity index (χ1) is 20.3. The van der Waals surface area contributed by atoms with Gasteiger partial charge < -0.3 is 42.0 Å². The van der Waals surface area contributed by atoms with Crippen molar-refractivity contribution < 1.29 is 47.6 Å². The fraction of sp³-hybridized carbons (Fsp3) is 0.552. The monoisotopic (exact) mass is 614 g/mol. The van der Waals surface area contributed by atoms with E-state index in [1.165, 1.54) is 18.2 Å². The average Bonchev–Trinajstić information content (AvgIpc) is 3.21. The molecular formula is C29H41F3N4O7. The third-order valence-corrected chi connectivity index (χ3v) is 6.86. The number of guanidine groups is 1. The minimum absolute atomic E-state index is 0.00733. The zero-order chi connectivity index (χ0) is 32.0. The van der Waals surface area contributed by atoms with Gasteiger partial charge in [0.05, 0.1) is 17.8 Å². The van der Waals surface area contributed by atoms with Gasteiger partial charge in [-0.2, -0.15) is 13.2 Å². The molecule has 0 heterocycles. The van der Waals surface area contributed by atoms with Crippen LogP contribution in [0.1, 0.15) is 50.5 Å². The summed E-state index contributed by atoms with van der Waals surface area (Å²) in [4.78, 5) is 27.6. The number of hydrogen-bond acceptors (Lipinski definition) is 9. The number of allylic oxidation sites excluding steroid dienone is 2. The smallest absolute Gasteiger partial charge is 0.416 e. The Morgan fingerprint density at radius 3 is 2.58 bits per heavy atom. The van der Waals surface area contributed by atoms with Gasteiger partial charge in [-0.05, 0) is 56.2 Å². The second-order valence-corrected chi connectivity index (χ2v) is 10.3. The van der Waals surface area contributed by atoms with E-state index >= 15 is 0 Å². The van der Waals surface area contributed by atoms with E-state index in [1.807, 2.05) is 12.2 Å². The van der Waals surface area contributed by atoms with E-state index in [0.29, 0.717) is 32.2 Å². The highest BCUT2D eigenvalue weighted by atomic mass is 19.4. The van der Waals surface area contributed by atoms with Gasteiger partial charge in [0.2, 0.25) is 0 Å². The normalized spacial score (nSPS) is 22.0. The summed E-state index contributed by atoms with van der Waals surface area (Å²) >= 11 is 0. The molecule has 0 radical (unpaired) electrons. The number of rotatable bonds is 16. The number of carbonyl (C=O) groups excluding carboxylic acids is 2. The van der Waals surface area contributed by atoms with Gasteiger partial charge in [0.25, 0.3) is 0 Å². The molecule has 2 rings (SSSR count). The first kappa shape index (κ1) is 35.7. The van der Waals surface area contributed by atoms with Crippen LogP contribution >= 0.6 is 0 Å². The van der Waals surface area contributed by atoms with Crippen LogP contribution in [0.5, 0.6) is 5.75 Å². The lowest BCUT2D eigenvalue weighted by Crippen LogP contribution is -2.34. The van der Waals surface area contributed by atoms with Gasteiger partial charge >= 0.3 is 18.1 Å². The molecule has 1 aliphatic rings. The van der Waals surface area contributed by atoms with E-state index in [1.54, 1.807) is 6.08 Å². The van der Waals surface area contributed by atoms with Crippen LogP contribution in [0.25, 0.3) is 0 Å². The molecule has 240 valence electrons. The van der Waals surface area contributed by atoms with E-state index in [4.69, 9.17) is 26.7 Å². The zero-order valence-corrected chi connectivity index (χ0v) is 23.7. The molecule has 0 aromatic heterocycles. The minimum Gasteiger partial charge on any atom is -0.491 e. The second-order valence-electron chi connectivity index (χ2n) is 10.3. The Labute approximate surface area is 248 Å². The van der Waals surface area contributed by atoms with Crippen molar-refractivity contribution >= 4 is 17.9 Å². The predicted octanol–water partition coefficient (Wildman–Crippen LogP) is 1.93. The van der Waals surface area contributed by atoms with E-state index in [-0.39, 0.29) is 43.5 Å². The zero-order valence-electron chi connectivity index (χ0n) is 23.7. The number of aliphatic hydroxyl groups excluding tert-OH is 3. The molecule has 1 aliphatic carbocycles. The first-order valence-electron chi connectivity index (χ1n) is 14.0. The number of nitrogens with zero attached hydrogens (tertiary/aromatic N) is 1. The van der Waals surface area contributed by atoms with Gasteiger partial charge in [-0.25, -0.2) is 4.79 Å². The van der Waals surface area contributed by atoms with Gasteiger partial charge in [-0.3, -0.25) is 9.79 Å². The van der Waals surface area contributed by atoms with Crippen LogP contribution in [0.4, 0.5) is 13.2 Å². The standard InChI is InChI=1S/C29H41F3N4O7/c30-29(31,32)18-7-5-8-20(15-18)42-17-19(37)12-13-22-21(24(38)16-25(22)39)9-3-1-2-4-11-26(40)43-27(41)23(33)10-6-14-36-28(34)35/h1,3,5,7-8,12-13,15,19,21-25,37-39H,2,4,6,9-11,14,16-17,33H2,(H4,34,35,36)/t19-,21-,22-,23+,24+,25-/m1/s1. The Bertz CT molecular complexity index is 1130. The topological polar surface area (TPSA) is 204 Å². The van der Waals surface area contributed by atoms with Gasteiger partial charge in [-0.1, -0.05) is 30.4 Å². The largest absolute Gasteiger partial charge is 0.491 e. The Balaban J connectivity index is 1.74. The summed E-state index contributed by atoms with van der Waals surface area (Å²) in [5, 5.41) is 31.0. The summed E-state index contributed by atoms with van der Waals surface area (Å²) in [6.07, 6.45) is 1.54.